The summed E-state index contributed by atoms with van der Waals surface area (Å²) in [5, 5.41) is 56.3. The minimum absolute atomic E-state index is 0.0774. The number of piperidine rings is 2. The van der Waals surface area contributed by atoms with E-state index in [1.807, 2.05) is 36.5 Å². The number of phenolic OH excluding ortho intramolecular Hbond substituents is 4. The summed E-state index contributed by atoms with van der Waals surface area (Å²) < 4.78 is 14.0. The second kappa shape index (κ2) is 41.8. The highest BCUT2D eigenvalue weighted by atomic mass is 35.5. The van der Waals surface area contributed by atoms with E-state index in [0.29, 0.717) is 102 Å². The van der Waals surface area contributed by atoms with Gasteiger partial charge < -0.3 is 71.8 Å². The molecule has 6 aliphatic heterocycles. The number of allylic oxidation sites excluding steroid dienone is 10. The predicted octanol–water partition coefficient (Wildman–Crippen LogP) is 15.0. The zero-order valence-corrected chi connectivity index (χ0v) is 65.6. The third kappa shape index (κ3) is 23.4. The van der Waals surface area contributed by atoms with Gasteiger partial charge in [0.05, 0.1) is 26.9 Å². The maximum Gasteiger partial charge on any atom is 0.342 e. The number of carbonyl (C=O) groups is 6. The number of hydrogen-bond donors (Lipinski definition) is 6. The van der Waals surface area contributed by atoms with Crippen LogP contribution in [0.15, 0.2) is 144 Å². The normalized spacial score (nSPS) is 20.9. The Labute approximate surface area is 651 Å². The molecule has 10 rings (SSSR count). The number of rotatable bonds is 19. The standard InChI is InChI=1S/C55H66ClN5O7.C28H36ClN3O7.C2H5/c1-54(2)41-23-12-14-25-43(41)59(5)47(54)27-20-28-48-55(3,4)42-24-13-15-26-44(42)61(48)34-19-16-29-49(64)57-31-30-39-22-11-8-6-7-10-21-38(58-67-37-50(65)60-32-17-9-18-33-60)35-40-51(53(66)68-39)45(62)36-46(63)52(40)56;1-19(33)30-13-12-21-11-7-4-2-3-6-10-20(31-38-18-25(36)32-14-8-5-9-15-32)16-22-26(28(37)39-21)23(34)17-24(35)27(22)29;1-2/h8,10-15,20-21,23-28,36,39H,6-7,9,16-19,22,29-35,37H2,1-5H3,(H2-,57,62,63,64,66);4,6-7,10,17,21,34-35H,2-3,5,8-9,11-16,18H2,1H3,(H,30,33);1H2,2H3/q;;-1/p+1/b11-8+,21-10+,58-38?;7-4+,10-6+,31-20?;. The lowest BCUT2D eigenvalue weighted by Crippen LogP contribution is -2.37. The molecule has 4 amide bonds. The largest absolute Gasteiger partial charge is 0.507 e. The van der Waals surface area contributed by atoms with Crippen LogP contribution in [0.3, 0.4) is 0 Å². The summed E-state index contributed by atoms with van der Waals surface area (Å²) in [5.41, 5.74) is 7.64. The van der Waals surface area contributed by atoms with Crippen LogP contribution >= 0.6 is 23.2 Å². The molecule has 24 heteroatoms. The number of para-hydroxylation sites is 2. The van der Waals surface area contributed by atoms with Crippen LogP contribution in [0.5, 0.6) is 23.0 Å². The Hall–Kier alpha value is -9.67. The Morgan fingerprint density at radius 1 is 0.633 bits per heavy atom. The lowest BCUT2D eigenvalue weighted by Gasteiger charge is -2.27. The van der Waals surface area contributed by atoms with E-state index >= 15 is 0 Å². The van der Waals surface area contributed by atoms with Crippen molar-refractivity contribution < 1.29 is 72.9 Å². The first-order chi connectivity index (χ1) is 52.4. The predicted molar refractivity (Wildman–Crippen MR) is 427 cm³/mol. The fourth-order valence-electron chi connectivity index (χ4n) is 14.3. The zero-order chi connectivity index (χ0) is 78.6. The highest BCUT2D eigenvalue weighted by Crippen LogP contribution is 2.48. The number of nitrogens with zero attached hydrogens (tertiary/aromatic N) is 6. The molecule has 2 fully saturated rings. The number of hydrogen-bond acceptors (Lipinski definition) is 17. The van der Waals surface area contributed by atoms with Crippen molar-refractivity contribution in [1.29, 1.82) is 0 Å². The van der Waals surface area contributed by atoms with Crippen LogP contribution < -0.4 is 15.5 Å². The lowest BCUT2D eigenvalue weighted by molar-refractivity contribution is -0.401. The van der Waals surface area contributed by atoms with Crippen molar-refractivity contribution >= 4 is 87.3 Å². The minimum Gasteiger partial charge on any atom is -0.507 e. The topological polar surface area (TPSA) is 282 Å². The van der Waals surface area contributed by atoms with Crippen LogP contribution in [-0.2, 0) is 62.0 Å². The minimum atomic E-state index is -0.833. The van der Waals surface area contributed by atoms with Gasteiger partial charge in [0, 0.05) is 144 Å². The van der Waals surface area contributed by atoms with E-state index in [2.05, 4.69) is 139 Å². The van der Waals surface area contributed by atoms with Crippen LogP contribution in [0.4, 0.5) is 11.4 Å². The summed E-state index contributed by atoms with van der Waals surface area (Å²) in [6, 6.07) is 19.1. The summed E-state index contributed by atoms with van der Waals surface area (Å²) >= 11 is 13.0. The third-order valence-corrected chi connectivity index (χ3v) is 21.0. The van der Waals surface area contributed by atoms with Gasteiger partial charge in [-0.2, -0.15) is 11.5 Å². The highest BCUT2D eigenvalue weighted by molar-refractivity contribution is 6.34. The second-order valence-corrected chi connectivity index (χ2v) is 29.5. The summed E-state index contributed by atoms with van der Waals surface area (Å²) in [4.78, 5) is 93.7. The van der Waals surface area contributed by atoms with Gasteiger partial charge in [-0.15, -0.1) is 0 Å². The van der Waals surface area contributed by atoms with E-state index in [0.717, 1.165) is 70.0 Å². The quantitative estimate of drug-likeness (QED) is 0.0127. The molecule has 0 saturated carbocycles. The number of esters is 2. The van der Waals surface area contributed by atoms with Gasteiger partial charge in [-0.05, 0) is 132 Å². The molecule has 2 saturated heterocycles. The van der Waals surface area contributed by atoms with Gasteiger partial charge in [-0.1, -0.05) is 126 Å². The number of nitrogens with one attached hydrogen (secondary N) is 2. The van der Waals surface area contributed by atoms with Gasteiger partial charge in [-0.3, -0.25) is 19.2 Å². The van der Waals surface area contributed by atoms with Crippen molar-refractivity contribution in [2.45, 2.75) is 187 Å². The molecule has 22 nitrogen and oxygen atoms in total. The van der Waals surface area contributed by atoms with Gasteiger partial charge in [0.2, 0.25) is 17.5 Å². The fourth-order valence-corrected chi connectivity index (χ4v) is 14.8. The Balaban J connectivity index is 0.000000309. The Bertz CT molecular complexity index is 4160. The summed E-state index contributed by atoms with van der Waals surface area (Å²) in [7, 11) is 2.13. The number of benzene rings is 4. The van der Waals surface area contributed by atoms with Crippen LogP contribution in [0.1, 0.15) is 194 Å². The van der Waals surface area contributed by atoms with Gasteiger partial charge >= 0.3 is 11.9 Å². The molecule has 0 bridgehead atoms. The molecule has 4 aromatic carbocycles. The molecule has 6 N–H and O–H groups in total. The van der Waals surface area contributed by atoms with E-state index < -0.39 is 47.1 Å². The average Bonchev–Trinajstić information content (AvgIpc) is 1.60. The van der Waals surface area contributed by atoms with Gasteiger partial charge in [-0.25, -0.2) is 9.59 Å². The molecule has 586 valence electrons. The van der Waals surface area contributed by atoms with Crippen LogP contribution in [0, 0.1) is 6.92 Å². The fraction of sp³-hybridized carbons (Fsp3) is 0.459. The number of phenols is 4. The molecule has 6 aliphatic rings. The van der Waals surface area contributed by atoms with Gasteiger partial charge in [0.25, 0.3) is 11.8 Å². The molecule has 109 heavy (non-hydrogen) atoms. The van der Waals surface area contributed by atoms with Crippen molar-refractivity contribution in [3.63, 3.8) is 0 Å². The number of amides is 4. The molecule has 2 atom stereocenters. The van der Waals surface area contributed by atoms with Crippen LogP contribution in [-0.4, -0.2) is 166 Å². The average molecular weight is 1540 g/mol. The molecule has 6 heterocycles. The van der Waals surface area contributed by atoms with Crippen molar-refractivity contribution in [2.75, 3.05) is 71.0 Å². The number of likely N-dealkylation sites (tertiary alicyclic amines) is 2. The summed E-state index contributed by atoms with van der Waals surface area (Å²) in [6.07, 6.45) is 32.4. The van der Waals surface area contributed by atoms with Crippen LogP contribution in [0.25, 0.3) is 0 Å². The number of fused-ring (bicyclic) bond motifs is 4. The van der Waals surface area contributed by atoms with E-state index in [4.69, 9.17) is 42.4 Å². The smallest absolute Gasteiger partial charge is 0.342 e. The van der Waals surface area contributed by atoms with E-state index in [1.165, 1.54) is 40.8 Å². The van der Waals surface area contributed by atoms with Gasteiger partial charge in [0.1, 0.15) is 53.4 Å². The molecular formula is C85H108Cl2N8O14. The SMILES string of the molecule is CC(=O)NCCC1C/C=C/CC/C=C/C(=NOCC(=O)N2CCCCC2)Cc2c(Cl)c(O)cc(O)c2C(=O)O1.C[N+]1=C(/C=C/C=C2/N(CCCCC(=O)NCCC3C/C=C/CC/C=C/C(=NOCC(=O)N4CCCCC4)Cc4c(Cl)c(O)cc(O)c4C(=O)O3)c3ccccc3C2(C)C)C(C)(C)c2ccccc21.[CH2-]C. The zero-order valence-electron chi connectivity index (χ0n) is 64.1. The second-order valence-electron chi connectivity index (χ2n) is 28.7. The Morgan fingerprint density at radius 3 is 1.61 bits per heavy atom. The molecule has 2 unspecified atom stereocenters. The molecule has 0 aliphatic carbocycles. The Morgan fingerprint density at radius 2 is 1.11 bits per heavy atom. The summed E-state index contributed by atoms with van der Waals surface area (Å²) in [6.45, 7) is 19.1. The van der Waals surface area contributed by atoms with Crippen molar-refractivity contribution in [3.05, 3.63) is 184 Å². The molecular weight excluding hydrogens is 1430 g/mol. The number of oxime groups is 2. The first-order valence-electron chi connectivity index (χ1n) is 38.1. The van der Waals surface area contributed by atoms with Crippen molar-refractivity contribution in [3.8, 4) is 23.0 Å². The highest BCUT2D eigenvalue weighted by Gasteiger charge is 2.43. The first kappa shape index (κ1) is 84.9. The first-order valence-corrected chi connectivity index (χ1v) is 38.8. The van der Waals surface area contributed by atoms with Crippen molar-refractivity contribution in [1.82, 2.24) is 20.4 Å². The van der Waals surface area contributed by atoms with Crippen molar-refractivity contribution in [2.24, 2.45) is 10.3 Å². The van der Waals surface area contributed by atoms with E-state index in [-0.39, 0.29) is 99.4 Å². The number of carbonyl (C=O) groups excluding carboxylic acids is 6. The van der Waals surface area contributed by atoms with E-state index in [9.17, 15) is 49.2 Å². The number of cyclic esters (lactones) is 2. The van der Waals surface area contributed by atoms with E-state index in [1.54, 1.807) is 28.9 Å². The maximum absolute atomic E-state index is 13.9. The summed E-state index contributed by atoms with van der Waals surface area (Å²) in [5.74, 6) is -4.07. The molecule has 0 radical (unpaired) electrons. The molecule has 0 spiro atoms. The number of unbranched alkanes of at least 4 members (excludes halogenated alkanes) is 1. The number of halogens is 2. The number of anilines is 1. The van der Waals surface area contributed by atoms with Gasteiger partial charge in [0.15, 0.2) is 18.9 Å². The molecule has 0 aromatic heterocycles. The van der Waals surface area contributed by atoms with Crippen LogP contribution in [0.2, 0.25) is 10.0 Å². The number of aromatic hydroxyl groups is 4. The maximum atomic E-state index is 13.9. The monoisotopic (exact) mass is 1530 g/mol. The third-order valence-electron chi connectivity index (χ3n) is 20.1. The number of ether oxygens (including phenoxy) is 2. The Kier molecular flexibility index (Phi) is 32.6. The molecule has 4 aromatic rings. The lowest BCUT2D eigenvalue weighted by atomic mass is 9.81.